The van der Waals surface area contributed by atoms with Crippen LogP contribution < -0.4 is 4.90 Å². The van der Waals surface area contributed by atoms with Gasteiger partial charge in [0, 0.05) is 16.8 Å². The van der Waals surface area contributed by atoms with Crippen LogP contribution in [0.2, 0.25) is 0 Å². The van der Waals surface area contributed by atoms with Crippen molar-refractivity contribution in [3.05, 3.63) is 53.6 Å². The van der Waals surface area contributed by atoms with Crippen LogP contribution in [0.15, 0.2) is 42.5 Å². The molecule has 0 radical (unpaired) electrons. The molecule has 0 N–H and O–H groups in total. The van der Waals surface area contributed by atoms with E-state index in [1.165, 1.54) is 19.3 Å². The van der Waals surface area contributed by atoms with E-state index in [9.17, 15) is 9.59 Å². The predicted molar refractivity (Wildman–Crippen MR) is 102 cm³/mol. The summed E-state index contributed by atoms with van der Waals surface area (Å²) in [5.41, 5.74) is 4.06. The normalized spacial score (nSPS) is 18.0. The summed E-state index contributed by atoms with van der Waals surface area (Å²) < 4.78 is 5.52. The number of anilines is 1. The van der Waals surface area contributed by atoms with Crippen LogP contribution in [-0.2, 0) is 4.74 Å². The maximum Gasteiger partial charge on any atom is 0.414 e. The third-order valence-corrected chi connectivity index (χ3v) is 5.28. The first kappa shape index (κ1) is 16.8. The average molecular weight is 349 g/mol. The molecule has 2 aromatic carbocycles. The number of benzene rings is 2. The molecule has 4 rings (SSSR count). The summed E-state index contributed by atoms with van der Waals surface area (Å²) in [5.74, 6) is 0.0288. The molecule has 1 aliphatic heterocycles. The summed E-state index contributed by atoms with van der Waals surface area (Å²) >= 11 is 0. The van der Waals surface area contributed by atoms with Crippen molar-refractivity contribution in [3.8, 4) is 11.1 Å². The van der Waals surface area contributed by atoms with Crippen LogP contribution in [-0.4, -0.2) is 24.5 Å². The van der Waals surface area contributed by atoms with Gasteiger partial charge in [0.2, 0.25) is 0 Å². The molecule has 1 fully saturated rings. The number of ketones is 1. The Bertz CT molecular complexity index is 858. The van der Waals surface area contributed by atoms with Crippen molar-refractivity contribution in [3.63, 3.8) is 0 Å². The van der Waals surface area contributed by atoms with Gasteiger partial charge in [-0.15, -0.1) is 0 Å². The lowest BCUT2D eigenvalue weighted by Crippen LogP contribution is -2.24. The summed E-state index contributed by atoms with van der Waals surface area (Å²) in [4.78, 5) is 26.6. The Hall–Kier alpha value is -2.62. The summed E-state index contributed by atoms with van der Waals surface area (Å²) in [6.07, 6.45) is 5.21. The number of nitrogens with zero attached hydrogens (tertiary/aromatic N) is 1. The van der Waals surface area contributed by atoms with Gasteiger partial charge in [-0.3, -0.25) is 9.69 Å². The fourth-order valence-corrected chi connectivity index (χ4v) is 3.87. The fourth-order valence-electron chi connectivity index (χ4n) is 3.87. The number of cyclic esters (lactones) is 1. The van der Waals surface area contributed by atoms with Gasteiger partial charge in [0.25, 0.3) is 0 Å². The van der Waals surface area contributed by atoms with E-state index in [1.807, 2.05) is 42.5 Å². The number of hydrogen-bond donors (Lipinski definition) is 0. The number of carbonyl (C=O) groups excluding carboxylic acids is 2. The van der Waals surface area contributed by atoms with Crippen molar-refractivity contribution < 1.29 is 14.3 Å². The van der Waals surface area contributed by atoms with Crippen LogP contribution in [0.4, 0.5) is 10.5 Å². The van der Waals surface area contributed by atoms with E-state index in [1.54, 1.807) is 4.90 Å². The van der Waals surface area contributed by atoms with E-state index in [0.29, 0.717) is 12.1 Å². The molecule has 0 saturated carbocycles. The van der Waals surface area contributed by atoms with E-state index in [2.05, 4.69) is 6.92 Å². The smallest absolute Gasteiger partial charge is 0.414 e. The quantitative estimate of drug-likeness (QED) is 0.575. The van der Waals surface area contributed by atoms with Gasteiger partial charge in [-0.1, -0.05) is 56.5 Å². The van der Waals surface area contributed by atoms with Crippen LogP contribution in [0, 0.1) is 0 Å². The van der Waals surface area contributed by atoms with Gasteiger partial charge in [0.1, 0.15) is 6.10 Å². The number of hydrogen-bond acceptors (Lipinski definition) is 3. The second-order valence-electron chi connectivity index (χ2n) is 7.07. The number of ether oxygens (including phenoxy) is 1. The summed E-state index contributed by atoms with van der Waals surface area (Å²) in [6, 6.07) is 13.3. The molecule has 134 valence electrons. The molecule has 1 heterocycles. The van der Waals surface area contributed by atoms with E-state index >= 15 is 0 Å². The Morgan fingerprint density at radius 2 is 1.73 bits per heavy atom. The molecular formula is C22H23NO3. The van der Waals surface area contributed by atoms with Gasteiger partial charge in [-0.25, -0.2) is 4.79 Å². The molecule has 2 aliphatic rings. The molecule has 1 aliphatic carbocycles. The van der Waals surface area contributed by atoms with Crippen LogP contribution in [0.25, 0.3) is 11.1 Å². The molecule has 26 heavy (non-hydrogen) atoms. The summed E-state index contributed by atoms with van der Waals surface area (Å²) in [7, 11) is 0. The highest BCUT2D eigenvalue weighted by atomic mass is 16.6. The first-order chi connectivity index (χ1) is 12.7. The third-order valence-electron chi connectivity index (χ3n) is 5.28. The number of carbonyl (C=O) groups is 2. The van der Waals surface area contributed by atoms with Crippen molar-refractivity contribution in [1.82, 2.24) is 0 Å². The zero-order valence-electron chi connectivity index (χ0n) is 15.0. The van der Waals surface area contributed by atoms with Crippen LogP contribution in [0.1, 0.15) is 54.9 Å². The first-order valence-electron chi connectivity index (χ1n) is 9.45. The number of fused-ring (bicyclic) bond motifs is 3. The molecule has 1 amide bonds. The molecule has 1 atom stereocenters. The van der Waals surface area contributed by atoms with E-state index in [4.69, 9.17) is 4.74 Å². The standard InChI is InChI=1S/C22H23NO3/c1-2-3-4-5-8-16-14-23(22(25)26-16)15-11-12-18-17-9-6-7-10-19(17)21(24)20(18)13-15/h6-7,9-13,16H,2-5,8,14H2,1H3. The van der Waals surface area contributed by atoms with Crippen molar-refractivity contribution in [2.75, 3.05) is 11.4 Å². The Labute approximate surface area is 153 Å². The lowest BCUT2D eigenvalue weighted by molar-refractivity contribution is 0.104. The van der Waals surface area contributed by atoms with Gasteiger partial charge in [-0.05, 0) is 36.1 Å². The van der Waals surface area contributed by atoms with Crippen molar-refractivity contribution in [2.24, 2.45) is 0 Å². The Morgan fingerprint density at radius 3 is 2.54 bits per heavy atom. The first-order valence-corrected chi connectivity index (χ1v) is 9.45. The Kier molecular flexibility index (Phi) is 4.49. The van der Waals surface area contributed by atoms with Crippen LogP contribution >= 0.6 is 0 Å². The minimum atomic E-state index is -0.312. The predicted octanol–water partition coefficient (Wildman–Crippen LogP) is 5.19. The van der Waals surface area contributed by atoms with E-state index in [-0.39, 0.29) is 18.0 Å². The molecule has 4 heteroatoms. The Morgan fingerprint density at radius 1 is 0.962 bits per heavy atom. The maximum atomic E-state index is 12.7. The second-order valence-corrected chi connectivity index (χ2v) is 7.07. The highest BCUT2D eigenvalue weighted by Crippen LogP contribution is 2.38. The number of unbranched alkanes of at least 4 members (excludes halogenated alkanes) is 3. The SMILES string of the molecule is CCCCCCC1CN(c2ccc3c(c2)C(=O)c2ccccc2-3)C(=O)O1. The second kappa shape index (κ2) is 6.94. The van der Waals surface area contributed by atoms with Crippen molar-refractivity contribution >= 4 is 17.6 Å². The molecule has 1 saturated heterocycles. The maximum absolute atomic E-state index is 12.7. The molecule has 4 nitrogen and oxygen atoms in total. The van der Waals surface area contributed by atoms with Gasteiger partial charge < -0.3 is 4.74 Å². The monoisotopic (exact) mass is 349 g/mol. The van der Waals surface area contributed by atoms with E-state index in [0.717, 1.165) is 35.2 Å². The molecule has 0 bridgehead atoms. The topological polar surface area (TPSA) is 46.6 Å². The average Bonchev–Trinajstić information content (AvgIpc) is 3.17. The highest BCUT2D eigenvalue weighted by molar-refractivity contribution is 6.22. The fraction of sp³-hybridized carbons (Fsp3) is 0.364. The minimum Gasteiger partial charge on any atom is -0.444 e. The van der Waals surface area contributed by atoms with Gasteiger partial charge >= 0.3 is 6.09 Å². The zero-order valence-corrected chi connectivity index (χ0v) is 15.0. The lowest BCUT2D eigenvalue weighted by atomic mass is 10.0. The van der Waals surface area contributed by atoms with Gasteiger partial charge in [0.15, 0.2) is 5.78 Å². The number of amides is 1. The zero-order chi connectivity index (χ0) is 18.1. The van der Waals surface area contributed by atoms with Gasteiger partial charge in [0.05, 0.1) is 6.54 Å². The lowest BCUT2D eigenvalue weighted by Gasteiger charge is -2.14. The Balaban J connectivity index is 1.51. The minimum absolute atomic E-state index is 0.0288. The number of rotatable bonds is 6. The molecule has 0 spiro atoms. The summed E-state index contributed by atoms with van der Waals surface area (Å²) in [6.45, 7) is 2.75. The molecule has 1 unspecified atom stereocenters. The van der Waals surface area contributed by atoms with Crippen LogP contribution in [0.5, 0.6) is 0 Å². The third kappa shape index (κ3) is 2.90. The summed E-state index contributed by atoms with van der Waals surface area (Å²) in [5, 5.41) is 0. The van der Waals surface area contributed by atoms with Crippen molar-refractivity contribution in [2.45, 2.75) is 45.1 Å². The highest BCUT2D eigenvalue weighted by Gasteiger charge is 2.33. The molecule has 0 aromatic heterocycles. The van der Waals surface area contributed by atoms with E-state index < -0.39 is 0 Å². The van der Waals surface area contributed by atoms with Gasteiger partial charge in [-0.2, -0.15) is 0 Å². The van der Waals surface area contributed by atoms with Crippen LogP contribution in [0.3, 0.4) is 0 Å². The molecular weight excluding hydrogens is 326 g/mol. The largest absolute Gasteiger partial charge is 0.444 e. The molecule has 2 aromatic rings. The van der Waals surface area contributed by atoms with Crippen molar-refractivity contribution in [1.29, 1.82) is 0 Å².